The Morgan fingerprint density at radius 1 is 0.393 bits per heavy atom. The minimum atomic E-state index is -2.80. The maximum atomic E-state index is 6.82. The molecular formula is C56H37N3OSi. The average molecular weight is 796 g/mol. The molecule has 4 nitrogen and oxygen atoms in total. The minimum absolute atomic E-state index is 0.694. The van der Waals surface area contributed by atoms with Gasteiger partial charge in [0.1, 0.15) is 5.58 Å². The van der Waals surface area contributed by atoms with Crippen molar-refractivity contribution >= 4 is 83.5 Å². The molecule has 0 spiro atoms. The summed E-state index contributed by atoms with van der Waals surface area (Å²) in [5.74, 6) is 0.694. The highest BCUT2D eigenvalue weighted by atomic mass is 28.3. The van der Waals surface area contributed by atoms with E-state index in [1.165, 1.54) is 26.1 Å². The first-order chi connectivity index (χ1) is 30.3. The van der Waals surface area contributed by atoms with Crippen molar-refractivity contribution in [1.82, 2.24) is 14.5 Å². The molecule has 0 bridgehead atoms. The number of rotatable bonds is 7. The van der Waals surface area contributed by atoms with E-state index in [1.807, 2.05) is 24.3 Å². The quantitative estimate of drug-likeness (QED) is 0.119. The first-order valence-electron chi connectivity index (χ1n) is 20.7. The second-order valence-electron chi connectivity index (χ2n) is 15.7. The Bertz CT molecular complexity index is 3470. The van der Waals surface area contributed by atoms with E-state index in [2.05, 4.69) is 205 Å². The fraction of sp³-hybridized carbons (Fsp3) is 0. The highest BCUT2D eigenvalue weighted by molar-refractivity contribution is 7.20. The van der Waals surface area contributed by atoms with Gasteiger partial charge in [-0.05, 0) is 69.3 Å². The number of hydrogen-bond acceptors (Lipinski definition) is 3. The molecule has 5 heteroatoms. The maximum Gasteiger partial charge on any atom is 0.179 e. The molecule has 0 fully saturated rings. The average Bonchev–Trinajstić information content (AvgIpc) is 3.89. The second kappa shape index (κ2) is 14.2. The number of benzene rings is 9. The molecule has 12 rings (SSSR count). The van der Waals surface area contributed by atoms with Crippen LogP contribution in [0.5, 0.6) is 0 Å². The van der Waals surface area contributed by atoms with Crippen LogP contribution in [0.1, 0.15) is 0 Å². The van der Waals surface area contributed by atoms with Gasteiger partial charge in [0.05, 0.1) is 22.2 Å². The molecule has 61 heavy (non-hydrogen) atoms. The monoisotopic (exact) mass is 795 g/mol. The summed E-state index contributed by atoms with van der Waals surface area (Å²) >= 11 is 0. The molecule has 0 N–H and O–H groups in total. The number of hydrogen-bond donors (Lipinski definition) is 0. The van der Waals surface area contributed by atoms with Crippen LogP contribution in [0.3, 0.4) is 0 Å². The first-order valence-corrected chi connectivity index (χ1v) is 22.7. The van der Waals surface area contributed by atoms with Crippen LogP contribution in [-0.2, 0) is 0 Å². The van der Waals surface area contributed by atoms with Gasteiger partial charge in [-0.25, -0.2) is 9.97 Å². The lowest BCUT2D eigenvalue weighted by Gasteiger charge is -2.34. The van der Waals surface area contributed by atoms with Gasteiger partial charge in [-0.2, -0.15) is 0 Å². The maximum absolute atomic E-state index is 6.82. The summed E-state index contributed by atoms with van der Waals surface area (Å²) in [6.07, 6.45) is 0. The molecular weight excluding hydrogens is 759 g/mol. The lowest BCUT2D eigenvalue weighted by Crippen LogP contribution is -2.74. The van der Waals surface area contributed by atoms with E-state index in [-0.39, 0.29) is 0 Å². The van der Waals surface area contributed by atoms with Crippen LogP contribution in [0.25, 0.3) is 83.0 Å². The van der Waals surface area contributed by atoms with E-state index >= 15 is 0 Å². The normalized spacial score (nSPS) is 11.9. The zero-order chi connectivity index (χ0) is 40.3. The van der Waals surface area contributed by atoms with Gasteiger partial charge in [-0.3, -0.25) is 0 Å². The molecule has 0 saturated heterocycles. The third-order valence-electron chi connectivity index (χ3n) is 12.4. The largest absolute Gasteiger partial charge is 0.454 e. The molecule has 0 radical (unpaired) electrons. The predicted octanol–water partition coefficient (Wildman–Crippen LogP) is 11.3. The van der Waals surface area contributed by atoms with Gasteiger partial charge < -0.3 is 8.98 Å². The Kier molecular flexibility index (Phi) is 8.15. The first kappa shape index (κ1) is 35.1. The van der Waals surface area contributed by atoms with E-state index in [0.29, 0.717) is 5.82 Å². The van der Waals surface area contributed by atoms with Gasteiger partial charge in [-0.1, -0.05) is 176 Å². The molecule has 9 aromatic carbocycles. The minimum Gasteiger partial charge on any atom is -0.454 e. The van der Waals surface area contributed by atoms with Crippen molar-refractivity contribution in [3.05, 3.63) is 224 Å². The summed E-state index contributed by atoms with van der Waals surface area (Å²) in [5.41, 5.74) is 8.82. The lowest BCUT2D eigenvalue weighted by atomic mass is 10.1. The Morgan fingerprint density at radius 3 is 1.64 bits per heavy atom. The van der Waals surface area contributed by atoms with Crippen molar-refractivity contribution in [3.8, 4) is 28.3 Å². The van der Waals surface area contributed by atoms with Gasteiger partial charge in [0, 0.05) is 43.7 Å². The molecule has 3 heterocycles. The van der Waals surface area contributed by atoms with Crippen LogP contribution in [-0.4, -0.2) is 22.6 Å². The van der Waals surface area contributed by atoms with E-state index in [4.69, 9.17) is 14.4 Å². The van der Waals surface area contributed by atoms with Gasteiger partial charge in [0.25, 0.3) is 0 Å². The van der Waals surface area contributed by atoms with Gasteiger partial charge in [0.15, 0.2) is 19.5 Å². The zero-order valence-electron chi connectivity index (χ0n) is 33.1. The van der Waals surface area contributed by atoms with Crippen LogP contribution >= 0.6 is 0 Å². The Morgan fingerprint density at radius 2 is 0.967 bits per heavy atom. The van der Waals surface area contributed by atoms with E-state index in [1.54, 1.807) is 0 Å². The molecule has 0 saturated carbocycles. The second-order valence-corrected chi connectivity index (χ2v) is 19.5. The van der Waals surface area contributed by atoms with Crippen molar-refractivity contribution in [2.45, 2.75) is 0 Å². The van der Waals surface area contributed by atoms with Crippen LogP contribution in [0.4, 0.5) is 0 Å². The SMILES string of the molecule is c1ccc(-c2nc(-c3ccc(-n4c5ccc([Si](c6ccccc6)(c6ccccc6)c6ccccc6)cc5c5ccc6c7ccccc7oc6c54)cc3)nc3ccccc23)cc1. The Labute approximate surface area is 353 Å². The summed E-state index contributed by atoms with van der Waals surface area (Å²) in [7, 11) is -2.80. The molecule has 3 aromatic heterocycles. The summed E-state index contributed by atoms with van der Waals surface area (Å²) in [5, 5.41) is 10.9. The van der Waals surface area contributed by atoms with Crippen LogP contribution in [0, 0.1) is 0 Å². The van der Waals surface area contributed by atoms with E-state index in [9.17, 15) is 0 Å². The molecule has 0 amide bonds. The Hall–Kier alpha value is -7.86. The number of furan rings is 1. The van der Waals surface area contributed by atoms with Crippen LogP contribution in [0.15, 0.2) is 229 Å². The van der Waals surface area contributed by atoms with Gasteiger partial charge >= 0.3 is 0 Å². The highest BCUT2D eigenvalue weighted by Crippen LogP contribution is 2.40. The molecule has 12 aromatic rings. The van der Waals surface area contributed by atoms with Crippen LogP contribution < -0.4 is 20.7 Å². The topological polar surface area (TPSA) is 43.9 Å². The third kappa shape index (κ3) is 5.52. The Balaban J connectivity index is 1.11. The van der Waals surface area contributed by atoms with E-state index in [0.717, 1.165) is 71.8 Å². The lowest BCUT2D eigenvalue weighted by molar-refractivity contribution is 0.671. The van der Waals surface area contributed by atoms with Crippen molar-refractivity contribution in [1.29, 1.82) is 0 Å². The van der Waals surface area contributed by atoms with Crippen molar-refractivity contribution in [3.63, 3.8) is 0 Å². The van der Waals surface area contributed by atoms with Gasteiger partial charge in [-0.15, -0.1) is 0 Å². The fourth-order valence-electron chi connectivity index (χ4n) is 9.63. The van der Waals surface area contributed by atoms with E-state index < -0.39 is 8.07 Å². The summed E-state index contributed by atoms with van der Waals surface area (Å²) in [6.45, 7) is 0. The van der Waals surface area contributed by atoms with Gasteiger partial charge in [0.2, 0.25) is 0 Å². The summed E-state index contributed by atoms with van der Waals surface area (Å²) in [6, 6.07) is 80.8. The summed E-state index contributed by atoms with van der Waals surface area (Å²) in [4.78, 5) is 10.2. The van der Waals surface area contributed by atoms with Crippen molar-refractivity contribution in [2.75, 3.05) is 0 Å². The predicted molar refractivity (Wildman–Crippen MR) is 256 cm³/mol. The number of aromatic nitrogens is 3. The highest BCUT2D eigenvalue weighted by Gasteiger charge is 2.41. The molecule has 0 aliphatic rings. The number of fused-ring (bicyclic) bond motifs is 8. The molecule has 0 unspecified atom stereocenters. The fourth-order valence-corrected chi connectivity index (χ4v) is 14.4. The zero-order valence-corrected chi connectivity index (χ0v) is 34.1. The molecule has 286 valence electrons. The number of para-hydroxylation sites is 2. The van der Waals surface area contributed by atoms with Crippen molar-refractivity contribution in [2.24, 2.45) is 0 Å². The van der Waals surface area contributed by atoms with Crippen LogP contribution in [0.2, 0.25) is 0 Å². The third-order valence-corrected chi connectivity index (χ3v) is 17.1. The van der Waals surface area contributed by atoms with Crippen molar-refractivity contribution < 1.29 is 4.42 Å². The summed E-state index contributed by atoms with van der Waals surface area (Å²) < 4.78 is 9.21. The smallest absolute Gasteiger partial charge is 0.179 e. The molecule has 0 aliphatic heterocycles. The molecule has 0 aliphatic carbocycles. The standard InChI is InChI=1S/C56H37N3OSi/c1-5-17-38(18-6-1)53-48-26-13-15-27-50(48)57-56(58-53)39-29-31-40(32-30-39)59-51-36-33-44(37-49(51)46-34-35-47-45-25-14-16-28-52(45)60-55(47)54(46)59)61(41-19-7-2-8-20-41,42-21-9-3-10-22-42)43-23-11-4-12-24-43/h1-37H. The molecule has 0 atom stereocenters. The number of nitrogens with zero attached hydrogens (tertiary/aromatic N) is 3.